The van der Waals surface area contributed by atoms with Gasteiger partial charge in [0, 0.05) is 50.0 Å². The monoisotopic (exact) mass is 489 g/mol. The topological polar surface area (TPSA) is 98.7 Å². The minimum absolute atomic E-state index is 0.123. The molecule has 1 N–H and O–H groups in total. The molecule has 1 saturated carbocycles. The first-order valence-electron chi connectivity index (χ1n) is 12.8. The lowest BCUT2D eigenvalue weighted by atomic mass is 9.84. The van der Waals surface area contributed by atoms with E-state index in [0.29, 0.717) is 37.6 Å². The number of nitrogens with zero attached hydrogens (tertiary/aromatic N) is 4. The molecular weight excluding hydrogens is 458 g/mol. The van der Waals surface area contributed by atoms with Crippen LogP contribution in [0.5, 0.6) is 0 Å². The molecule has 6 rings (SSSR count). The average Bonchev–Trinajstić information content (AvgIpc) is 3.40. The number of morpholine rings is 1. The SMILES string of the molecule is CNC(=O)c1cccc(-c2ccc3c(N4CCOCC4)nc(C4CCC5(CC4)OCCO5)nc3n2)c1. The molecule has 2 saturated heterocycles. The van der Waals surface area contributed by atoms with Crippen LogP contribution >= 0.6 is 0 Å². The van der Waals surface area contributed by atoms with E-state index in [1.807, 2.05) is 24.3 Å². The van der Waals surface area contributed by atoms with Gasteiger partial charge in [0.15, 0.2) is 11.4 Å². The van der Waals surface area contributed by atoms with E-state index in [0.717, 1.165) is 67.1 Å². The van der Waals surface area contributed by atoms with Crippen LogP contribution in [0.4, 0.5) is 5.82 Å². The Balaban J connectivity index is 1.38. The van der Waals surface area contributed by atoms with Crippen LogP contribution in [0.15, 0.2) is 36.4 Å². The highest BCUT2D eigenvalue weighted by Crippen LogP contribution is 2.42. The number of aromatic nitrogens is 3. The van der Waals surface area contributed by atoms with Gasteiger partial charge in [-0.3, -0.25) is 4.79 Å². The second-order valence-corrected chi connectivity index (χ2v) is 9.61. The van der Waals surface area contributed by atoms with Crippen molar-refractivity contribution in [2.45, 2.75) is 37.4 Å². The van der Waals surface area contributed by atoms with Crippen molar-refractivity contribution in [3.05, 3.63) is 47.8 Å². The first kappa shape index (κ1) is 23.3. The zero-order chi connectivity index (χ0) is 24.5. The summed E-state index contributed by atoms with van der Waals surface area (Å²) < 4.78 is 17.4. The van der Waals surface area contributed by atoms with Gasteiger partial charge in [-0.15, -0.1) is 0 Å². The fourth-order valence-corrected chi connectivity index (χ4v) is 5.44. The Hall–Kier alpha value is -3.14. The van der Waals surface area contributed by atoms with Crippen molar-refractivity contribution in [3.8, 4) is 11.3 Å². The fourth-order valence-electron chi connectivity index (χ4n) is 5.44. The van der Waals surface area contributed by atoms with E-state index in [-0.39, 0.29) is 11.8 Å². The third-order valence-electron chi connectivity index (χ3n) is 7.44. The molecule has 3 aromatic rings. The van der Waals surface area contributed by atoms with Crippen molar-refractivity contribution in [2.75, 3.05) is 51.5 Å². The number of hydrogen-bond acceptors (Lipinski definition) is 8. The standard InChI is InChI=1S/C27H31N5O4/c1-28-26(33)20-4-2-3-19(17-20)22-6-5-21-24(29-22)30-23(31-25(21)32-11-13-34-14-12-32)18-7-9-27(10-8-18)35-15-16-36-27/h2-6,17-18H,7-16H2,1H3,(H,28,33). The maximum Gasteiger partial charge on any atom is 0.251 e. The van der Waals surface area contributed by atoms with Crippen LogP contribution in [0, 0.1) is 0 Å². The predicted molar refractivity (Wildman–Crippen MR) is 135 cm³/mol. The Labute approximate surface area is 210 Å². The van der Waals surface area contributed by atoms with E-state index in [2.05, 4.69) is 16.3 Å². The molecule has 0 bridgehead atoms. The zero-order valence-corrected chi connectivity index (χ0v) is 20.5. The molecule has 2 aliphatic heterocycles. The average molecular weight is 490 g/mol. The Morgan fingerprint density at radius 3 is 2.53 bits per heavy atom. The third kappa shape index (κ3) is 4.42. The van der Waals surface area contributed by atoms with Crippen molar-refractivity contribution >= 4 is 22.8 Å². The minimum atomic E-state index is -0.415. The second-order valence-electron chi connectivity index (χ2n) is 9.61. The van der Waals surface area contributed by atoms with Gasteiger partial charge in [0.1, 0.15) is 11.6 Å². The number of rotatable bonds is 4. The molecule has 2 aromatic heterocycles. The summed E-state index contributed by atoms with van der Waals surface area (Å²) in [5, 5.41) is 3.61. The van der Waals surface area contributed by atoms with Crippen LogP contribution in [0.3, 0.4) is 0 Å². The van der Waals surface area contributed by atoms with Gasteiger partial charge in [-0.05, 0) is 37.1 Å². The highest BCUT2D eigenvalue weighted by molar-refractivity contribution is 5.95. The van der Waals surface area contributed by atoms with Crippen molar-refractivity contribution in [1.29, 1.82) is 0 Å². The zero-order valence-electron chi connectivity index (χ0n) is 20.5. The molecule has 188 valence electrons. The number of anilines is 1. The van der Waals surface area contributed by atoms with Gasteiger partial charge < -0.3 is 24.4 Å². The molecule has 0 radical (unpaired) electrons. The summed E-state index contributed by atoms with van der Waals surface area (Å²) in [4.78, 5) is 29.5. The molecule has 1 amide bonds. The Bertz CT molecular complexity index is 1260. The molecular formula is C27H31N5O4. The summed E-state index contributed by atoms with van der Waals surface area (Å²) in [6.07, 6.45) is 3.54. The fraction of sp³-hybridized carbons (Fsp3) is 0.481. The molecule has 4 heterocycles. The number of pyridine rings is 1. The number of hydrogen-bond donors (Lipinski definition) is 1. The molecule has 3 fully saturated rings. The van der Waals surface area contributed by atoms with Gasteiger partial charge >= 0.3 is 0 Å². The summed E-state index contributed by atoms with van der Waals surface area (Å²) >= 11 is 0. The number of carbonyl (C=O) groups excluding carboxylic acids is 1. The number of amides is 1. The summed E-state index contributed by atoms with van der Waals surface area (Å²) in [6, 6.07) is 11.5. The van der Waals surface area contributed by atoms with E-state index in [1.165, 1.54) is 0 Å². The summed E-state index contributed by atoms with van der Waals surface area (Å²) in [5.74, 6) is 1.45. The lowest BCUT2D eigenvalue weighted by Gasteiger charge is -2.35. The van der Waals surface area contributed by atoms with Crippen molar-refractivity contribution < 1.29 is 19.0 Å². The predicted octanol–water partition coefficient (Wildman–Crippen LogP) is 3.29. The number of benzene rings is 1. The molecule has 36 heavy (non-hydrogen) atoms. The maximum atomic E-state index is 12.2. The normalized spacial score (nSPS) is 20.2. The van der Waals surface area contributed by atoms with Crippen LogP contribution in [-0.4, -0.2) is 73.2 Å². The Morgan fingerprint density at radius 2 is 1.78 bits per heavy atom. The Kier molecular flexibility index (Phi) is 6.29. The first-order valence-corrected chi connectivity index (χ1v) is 12.8. The largest absolute Gasteiger partial charge is 0.378 e. The smallest absolute Gasteiger partial charge is 0.251 e. The highest BCUT2D eigenvalue weighted by atomic mass is 16.7. The highest BCUT2D eigenvalue weighted by Gasteiger charge is 2.41. The van der Waals surface area contributed by atoms with Gasteiger partial charge in [-0.2, -0.15) is 0 Å². The molecule has 3 aliphatic rings. The lowest BCUT2D eigenvalue weighted by Crippen LogP contribution is -2.37. The quantitative estimate of drug-likeness (QED) is 0.596. The van der Waals surface area contributed by atoms with Gasteiger partial charge in [-0.1, -0.05) is 12.1 Å². The summed E-state index contributed by atoms with van der Waals surface area (Å²) in [7, 11) is 1.63. The van der Waals surface area contributed by atoms with Crippen LogP contribution < -0.4 is 10.2 Å². The van der Waals surface area contributed by atoms with Crippen molar-refractivity contribution in [3.63, 3.8) is 0 Å². The maximum absolute atomic E-state index is 12.2. The van der Waals surface area contributed by atoms with E-state index >= 15 is 0 Å². The van der Waals surface area contributed by atoms with Crippen LogP contribution in [0.1, 0.15) is 47.8 Å². The molecule has 0 unspecified atom stereocenters. The summed E-state index contributed by atoms with van der Waals surface area (Å²) in [6.45, 7) is 4.28. The third-order valence-corrected chi connectivity index (χ3v) is 7.44. The second kappa shape index (κ2) is 9.72. The van der Waals surface area contributed by atoms with Crippen LogP contribution in [0.2, 0.25) is 0 Å². The van der Waals surface area contributed by atoms with Crippen LogP contribution in [-0.2, 0) is 14.2 Å². The first-order chi connectivity index (χ1) is 17.6. The van der Waals surface area contributed by atoms with Gasteiger partial charge in [0.2, 0.25) is 0 Å². The van der Waals surface area contributed by atoms with Crippen molar-refractivity contribution in [2.24, 2.45) is 0 Å². The van der Waals surface area contributed by atoms with Crippen molar-refractivity contribution in [1.82, 2.24) is 20.3 Å². The minimum Gasteiger partial charge on any atom is -0.378 e. The molecule has 1 spiro atoms. The number of nitrogens with one attached hydrogen (secondary N) is 1. The van der Waals surface area contributed by atoms with E-state index in [4.69, 9.17) is 29.2 Å². The molecule has 1 aliphatic carbocycles. The molecule has 9 nitrogen and oxygen atoms in total. The number of ether oxygens (including phenoxy) is 3. The number of carbonyl (C=O) groups is 1. The Morgan fingerprint density at radius 1 is 1.00 bits per heavy atom. The lowest BCUT2D eigenvalue weighted by molar-refractivity contribution is -0.179. The molecule has 1 aromatic carbocycles. The number of fused-ring (bicyclic) bond motifs is 1. The molecule has 0 atom stereocenters. The van der Waals surface area contributed by atoms with E-state index in [1.54, 1.807) is 13.1 Å². The molecule has 9 heteroatoms. The van der Waals surface area contributed by atoms with Gasteiger partial charge in [0.25, 0.3) is 5.91 Å². The van der Waals surface area contributed by atoms with E-state index in [9.17, 15) is 4.79 Å². The van der Waals surface area contributed by atoms with Gasteiger partial charge in [-0.25, -0.2) is 15.0 Å². The summed E-state index contributed by atoms with van der Waals surface area (Å²) in [5.41, 5.74) is 2.93. The van der Waals surface area contributed by atoms with Crippen LogP contribution in [0.25, 0.3) is 22.3 Å². The van der Waals surface area contributed by atoms with Gasteiger partial charge in [0.05, 0.1) is 37.5 Å². The van der Waals surface area contributed by atoms with E-state index < -0.39 is 5.79 Å².